The van der Waals surface area contributed by atoms with Crippen molar-refractivity contribution >= 4 is 43.6 Å². The standard InChI is InChI=1S/C51H33N5/c1-3-14-34(15-4-1)45-32-46(35-16-5-2-6-17-35)54-51(53-45)44-33-52-29-28-39(44)36-26-27-50-43(30-36)42-22-9-12-25-49(42)56(50)38-19-13-18-37(31-38)55-47-23-10-7-20-40(47)41-21-8-11-24-48(41)55/h1-33H. The SMILES string of the molecule is c1ccc(-c2cc(-c3ccccc3)nc(-c3cnccc3-c3ccc4c(c3)c3ccccc3n4-c3cccc(-n4c5ccccc5c5ccccc54)c3)n2)cc1. The van der Waals surface area contributed by atoms with Crippen molar-refractivity contribution in [3.8, 4) is 56.4 Å². The predicted octanol–water partition coefficient (Wildman–Crippen LogP) is 12.7. The quantitative estimate of drug-likeness (QED) is 0.172. The summed E-state index contributed by atoms with van der Waals surface area (Å²) in [7, 11) is 0. The smallest absolute Gasteiger partial charge is 0.162 e. The molecule has 0 aliphatic heterocycles. The van der Waals surface area contributed by atoms with Crippen molar-refractivity contribution in [2.45, 2.75) is 0 Å². The summed E-state index contributed by atoms with van der Waals surface area (Å²) >= 11 is 0. The molecule has 11 aromatic rings. The van der Waals surface area contributed by atoms with Gasteiger partial charge in [-0.05, 0) is 71.8 Å². The van der Waals surface area contributed by atoms with E-state index in [-0.39, 0.29) is 0 Å². The number of pyridine rings is 1. The van der Waals surface area contributed by atoms with Gasteiger partial charge in [0.2, 0.25) is 0 Å². The molecule has 5 heteroatoms. The second kappa shape index (κ2) is 13.0. The topological polar surface area (TPSA) is 48.5 Å². The molecule has 4 aromatic heterocycles. The molecule has 0 atom stereocenters. The van der Waals surface area contributed by atoms with Gasteiger partial charge in [-0.25, -0.2) is 9.97 Å². The van der Waals surface area contributed by atoms with Crippen LogP contribution < -0.4 is 0 Å². The van der Waals surface area contributed by atoms with Crippen molar-refractivity contribution in [3.63, 3.8) is 0 Å². The molecular formula is C51H33N5. The molecular weight excluding hydrogens is 683 g/mol. The van der Waals surface area contributed by atoms with E-state index >= 15 is 0 Å². The van der Waals surface area contributed by atoms with Gasteiger partial charge in [-0.15, -0.1) is 0 Å². The van der Waals surface area contributed by atoms with Crippen molar-refractivity contribution in [1.82, 2.24) is 24.1 Å². The summed E-state index contributed by atoms with van der Waals surface area (Å²) in [5.41, 5.74) is 13.7. The average molecular weight is 716 g/mol. The highest BCUT2D eigenvalue weighted by Gasteiger charge is 2.19. The van der Waals surface area contributed by atoms with Gasteiger partial charge in [-0.1, -0.05) is 127 Å². The summed E-state index contributed by atoms with van der Waals surface area (Å²) < 4.78 is 4.76. The zero-order valence-corrected chi connectivity index (χ0v) is 30.3. The lowest BCUT2D eigenvalue weighted by Gasteiger charge is -2.14. The lowest BCUT2D eigenvalue weighted by molar-refractivity contribution is 1.13. The van der Waals surface area contributed by atoms with Crippen LogP contribution >= 0.6 is 0 Å². The van der Waals surface area contributed by atoms with Crippen LogP contribution in [0.4, 0.5) is 0 Å². The van der Waals surface area contributed by atoms with Crippen LogP contribution in [0.3, 0.4) is 0 Å². The Hall–Kier alpha value is -7.63. The number of hydrogen-bond acceptors (Lipinski definition) is 3. The molecule has 4 heterocycles. The van der Waals surface area contributed by atoms with Crippen molar-refractivity contribution in [2.24, 2.45) is 0 Å². The van der Waals surface area contributed by atoms with Gasteiger partial charge in [0.05, 0.1) is 33.5 Å². The number of aromatic nitrogens is 5. The van der Waals surface area contributed by atoms with Gasteiger partial charge in [0.25, 0.3) is 0 Å². The first-order chi connectivity index (χ1) is 27.8. The molecule has 0 fully saturated rings. The Morgan fingerprint density at radius 3 is 1.41 bits per heavy atom. The minimum atomic E-state index is 0.637. The summed E-state index contributed by atoms with van der Waals surface area (Å²) in [4.78, 5) is 14.9. The minimum Gasteiger partial charge on any atom is -0.309 e. The van der Waals surface area contributed by atoms with E-state index in [0.717, 1.165) is 61.6 Å². The molecule has 0 saturated heterocycles. The third kappa shape index (κ3) is 5.21. The number of benzene rings is 7. The molecule has 0 amide bonds. The van der Waals surface area contributed by atoms with Crippen molar-refractivity contribution in [2.75, 3.05) is 0 Å². The Balaban J connectivity index is 1.07. The van der Waals surface area contributed by atoms with E-state index in [4.69, 9.17) is 9.97 Å². The van der Waals surface area contributed by atoms with Gasteiger partial charge in [0, 0.05) is 62.0 Å². The van der Waals surface area contributed by atoms with E-state index < -0.39 is 0 Å². The largest absolute Gasteiger partial charge is 0.309 e. The van der Waals surface area contributed by atoms with Crippen LogP contribution in [-0.2, 0) is 0 Å². The van der Waals surface area contributed by atoms with Gasteiger partial charge < -0.3 is 9.13 Å². The van der Waals surface area contributed by atoms with E-state index in [0.29, 0.717) is 5.82 Å². The van der Waals surface area contributed by atoms with Gasteiger partial charge in [-0.2, -0.15) is 0 Å². The van der Waals surface area contributed by atoms with Crippen LogP contribution in [0.15, 0.2) is 200 Å². The van der Waals surface area contributed by atoms with Crippen LogP contribution in [0.25, 0.3) is 100 Å². The third-order valence-corrected chi connectivity index (χ3v) is 10.8. The molecule has 0 unspecified atom stereocenters. The van der Waals surface area contributed by atoms with Crippen LogP contribution in [0.1, 0.15) is 0 Å². The minimum absolute atomic E-state index is 0.637. The van der Waals surface area contributed by atoms with Crippen molar-refractivity contribution < 1.29 is 0 Å². The van der Waals surface area contributed by atoms with Crippen molar-refractivity contribution in [3.05, 3.63) is 200 Å². The van der Waals surface area contributed by atoms with E-state index in [1.165, 1.54) is 32.6 Å². The van der Waals surface area contributed by atoms with Crippen LogP contribution in [0, 0.1) is 0 Å². The fourth-order valence-electron chi connectivity index (χ4n) is 8.30. The number of nitrogens with zero attached hydrogens (tertiary/aromatic N) is 5. The van der Waals surface area contributed by atoms with E-state index in [2.05, 4.69) is 166 Å². The molecule has 0 bridgehead atoms. The Morgan fingerprint density at radius 1 is 0.339 bits per heavy atom. The van der Waals surface area contributed by atoms with E-state index in [9.17, 15) is 0 Å². The zero-order valence-electron chi connectivity index (χ0n) is 30.3. The Labute approximate surface area is 323 Å². The Morgan fingerprint density at radius 2 is 0.839 bits per heavy atom. The van der Waals surface area contributed by atoms with Crippen LogP contribution in [-0.4, -0.2) is 24.1 Å². The number of rotatable bonds is 6. The average Bonchev–Trinajstić information content (AvgIpc) is 3.80. The summed E-state index contributed by atoms with van der Waals surface area (Å²) in [6.45, 7) is 0. The molecule has 0 saturated carbocycles. The highest BCUT2D eigenvalue weighted by Crippen LogP contribution is 2.39. The number of hydrogen-bond donors (Lipinski definition) is 0. The molecule has 5 nitrogen and oxygen atoms in total. The summed E-state index contributed by atoms with van der Waals surface area (Å²) in [5.74, 6) is 0.637. The lowest BCUT2D eigenvalue weighted by atomic mass is 9.98. The molecule has 0 aliphatic rings. The fraction of sp³-hybridized carbons (Fsp3) is 0. The normalized spacial score (nSPS) is 11.6. The summed E-state index contributed by atoms with van der Waals surface area (Å²) in [6, 6.07) is 66.4. The molecule has 56 heavy (non-hydrogen) atoms. The predicted molar refractivity (Wildman–Crippen MR) is 230 cm³/mol. The molecule has 0 aliphatic carbocycles. The van der Waals surface area contributed by atoms with Crippen LogP contribution in [0.5, 0.6) is 0 Å². The Kier molecular flexibility index (Phi) is 7.42. The molecule has 0 spiro atoms. The van der Waals surface area contributed by atoms with E-state index in [1.807, 2.05) is 48.8 Å². The summed E-state index contributed by atoms with van der Waals surface area (Å²) in [5, 5.41) is 4.87. The fourth-order valence-corrected chi connectivity index (χ4v) is 8.30. The van der Waals surface area contributed by atoms with Gasteiger partial charge in [-0.3, -0.25) is 4.98 Å². The highest BCUT2D eigenvalue weighted by atomic mass is 15.0. The molecule has 262 valence electrons. The molecule has 0 radical (unpaired) electrons. The number of fused-ring (bicyclic) bond motifs is 6. The van der Waals surface area contributed by atoms with Crippen LogP contribution in [0.2, 0.25) is 0 Å². The maximum absolute atomic E-state index is 5.15. The maximum atomic E-state index is 5.15. The Bertz CT molecular complexity index is 3140. The van der Waals surface area contributed by atoms with Gasteiger partial charge in [0.1, 0.15) is 0 Å². The lowest BCUT2D eigenvalue weighted by Crippen LogP contribution is -1.99. The third-order valence-electron chi connectivity index (χ3n) is 10.8. The van der Waals surface area contributed by atoms with Gasteiger partial charge >= 0.3 is 0 Å². The first kappa shape index (κ1) is 31.9. The second-order valence-electron chi connectivity index (χ2n) is 14.1. The molecule has 0 N–H and O–H groups in total. The number of para-hydroxylation sites is 3. The monoisotopic (exact) mass is 715 g/mol. The highest BCUT2D eigenvalue weighted by molar-refractivity contribution is 6.11. The second-order valence-corrected chi connectivity index (χ2v) is 14.1. The maximum Gasteiger partial charge on any atom is 0.162 e. The van der Waals surface area contributed by atoms with E-state index in [1.54, 1.807) is 0 Å². The van der Waals surface area contributed by atoms with Gasteiger partial charge in [0.15, 0.2) is 5.82 Å². The first-order valence-corrected chi connectivity index (χ1v) is 18.9. The van der Waals surface area contributed by atoms with Crippen molar-refractivity contribution in [1.29, 1.82) is 0 Å². The summed E-state index contributed by atoms with van der Waals surface area (Å²) in [6.07, 6.45) is 3.74. The zero-order chi connectivity index (χ0) is 37.0. The molecule has 7 aromatic carbocycles. The first-order valence-electron chi connectivity index (χ1n) is 18.9. The molecule has 11 rings (SSSR count).